The summed E-state index contributed by atoms with van der Waals surface area (Å²) in [7, 11) is 0. The highest BCUT2D eigenvalue weighted by Gasteiger charge is 2.48. The third-order valence-corrected chi connectivity index (χ3v) is 6.65. The van der Waals surface area contributed by atoms with Gasteiger partial charge in [-0.1, -0.05) is 12.8 Å². The van der Waals surface area contributed by atoms with E-state index in [0.29, 0.717) is 6.10 Å². The van der Waals surface area contributed by atoms with Gasteiger partial charge in [0.15, 0.2) is 0 Å². The molecule has 0 aromatic carbocycles. The highest BCUT2D eigenvalue weighted by atomic mass is 16.5. The second-order valence-corrected chi connectivity index (χ2v) is 8.09. The molecule has 19 heavy (non-hydrogen) atoms. The number of rotatable bonds is 4. The first-order valence-electron chi connectivity index (χ1n) is 8.62. The van der Waals surface area contributed by atoms with E-state index in [0.717, 1.165) is 36.7 Å². The average molecular weight is 263 g/mol. The lowest BCUT2D eigenvalue weighted by Crippen LogP contribution is -2.50. The Balaban J connectivity index is 1.31. The van der Waals surface area contributed by atoms with Crippen molar-refractivity contribution in [1.29, 1.82) is 0 Å². The number of nitrogens with two attached hydrogens (primary N) is 1. The quantitative estimate of drug-likeness (QED) is 0.842. The van der Waals surface area contributed by atoms with E-state index >= 15 is 0 Å². The fourth-order valence-electron chi connectivity index (χ4n) is 5.87. The predicted octanol–water partition coefficient (Wildman–Crippen LogP) is 3.49. The van der Waals surface area contributed by atoms with E-state index in [-0.39, 0.29) is 5.54 Å². The van der Waals surface area contributed by atoms with Gasteiger partial charge in [0.1, 0.15) is 0 Å². The highest BCUT2D eigenvalue weighted by molar-refractivity contribution is 4.99. The van der Waals surface area contributed by atoms with E-state index in [1.807, 2.05) is 0 Å². The maximum Gasteiger partial charge on any atom is 0.0631 e. The van der Waals surface area contributed by atoms with Crippen molar-refractivity contribution in [1.82, 2.24) is 0 Å². The molecule has 2 N–H and O–H groups in total. The maximum absolute atomic E-state index is 6.44. The van der Waals surface area contributed by atoms with Crippen molar-refractivity contribution >= 4 is 0 Å². The second-order valence-electron chi connectivity index (χ2n) is 8.09. The highest BCUT2D eigenvalue weighted by Crippen LogP contribution is 2.54. The molecule has 5 fully saturated rings. The van der Waals surface area contributed by atoms with E-state index in [9.17, 15) is 0 Å². The molecular weight excluding hydrogens is 234 g/mol. The number of ether oxygens (including phenoxy) is 1. The van der Waals surface area contributed by atoms with E-state index in [1.165, 1.54) is 57.8 Å². The monoisotopic (exact) mass is 263 g/mol. The van der Waals surface area contributed by atoms with Crippen molar-refractivity contribution < 1.29 is 4.74 Å². The first kappa shape index (κ1) is 12.6. The van der Waals surface area contributed by atoms with Gasteiger partial charge in [-0.3, -0.25) is 0 Å². The van der Waals surface area contributed by atoms with Crippen LogP contribution in [-0.4, -0.2) is 18.2 Å². The van der Waals surface area contributed by atoms with Crippen LogP contribution in [0.25, 0.3) is 0 Å². The summed E-state index contributed by atoms with van der Waals surface area (Å²) in [6.45, 7) is 0.920. The Morgan fingerprint density at radius 1 is 0.895 bits per heavy atom. The van der Waals surface area contributed by atoms with Crippen LogP contribution in [0, 0.1) is 23.7 Å². The van der Waals surface area contributed by atoms with Gasteiger partial charge in [0.05, 0.1) is 6.10 Å². The molecule has 0 aliphatic heterocycles. The first-order valence-corrected chi connectivity index (χ1v) is 8.62. The van der Waals surface area contributed by atoms with Crippen LogP contribution in [0.2, 0.25) is 0 Å². The Morgan fingerprint density at radius 2 is 1.47 bits per heavy atom. The molecule has 0 radical (unpaired) electrons. The maximum atomic E-state index is 6.44. The summed E-state index contributed by atoms with van der Waals surface area (Å²) in [6, 6.07) is 0. The molecule has 5 aliphatic rings. The van der Waals surface area contributed by atoms with Crippen molar-refractivity contribution in [3.8, 4) is 0 Å². The van der Waals surface area contributed by atoms with Crippen LogP contribution in [0.15, 0.2) is 0 Å². The summed E-state index contributed by atoms with van der Waals surface area (Å²) in [4.78, 5) is 0. The van der Waals surface area contributed by atoms with E-state index in [4.69, 9.17) is 10.5 Å². The second kappa shape index (κ2) is 4.73. The minimum Gasteiger partial charge on any atom is -0.378 e. The molecule has 5 rings (SSSR count). The van der Waals surface area contributed by atoms with Crippen molar-refractivity contribution in [2.75, 3.05) is 6.61 Å². The fourth-order valence-corrected chi connectivity index (χ4v) is 5.87. The number of hydrogen-bond donors (Lipinski definition) is 1. The van der Waals surface area contributed by atoms with Crippen molar-refractivity contribution in [2.45, 2.75) is 75.9 Å². The molecule has 0 aromatic rings. The van der Waals surface area contributed by atoms with Gasteiger partial charge in [0, 0.05) is 12.1 Å². The van der Waals surface area contributed by atoms with Gasteiger partial charge >= 0.3 is 0 Å². The standard InChI is InChI=1S/C17H29NO/c18-17(3-1-2-4-17)5-6-19-16-14-8-12-7-13(10-14)11-15(16)9-12/h12-16H,1-11,18H2. The predicted molar refractivity (Wildman–Crippen MR) is 76.8 cm³/mol. The third kappa shape index (κ3) is 2.35. The Labute approximate surface area is 117 Å². The lowest BCUT2D eigenvalue weighted by atomic mass is 9.55. The minimum atomic E-state index is 0.117. The molecule has 0 spiro atoms. The van der Waals surface area contributed by atoms with Crippen molar-refractivity contribution in [2.24, 2.45) is 29.4 Å². The summed E-state index contributed by atoms with van der Waals surface area (Å²) in [5.74, 6) is 3.90. The zero-order valence-electron chi connectivity index (χ0n) is 12.2. The van der Waals surface area contributed by atoms with Gasteiger partial charge in [0.25, 0.3) is 0 Å². The minimum absolute atomic E-state index is 0.117. The van der Waals surface area contributed by atoms with Crippen LogP contribution in [-0.2, 0) is 4.74 Å². The number of hydrogen-bond acceptors (Lipinski definition) is 2. The van der Waals surface area contributed by atoms with Crippen molar-refractivity contribution in [3.05, 3.63) is 0 Å². The van der Waals surface area contributed by atoms with E-state index in [1.54, 1.807) is 0 Å². The molecule has 5 saturated carbocycles. The van der Waals surface area contributed by atoms with Crippen LogP contribution in [0.3, 0.4) is 0 Å². The van der Waals surface area contributed by atoms with Gasteiger partial charge < -0.3 is 10.5 Å². The molecule has 0 heterocycles. The SMILES string of the molecule is NC1(CCOC2C3CC4CC(C3)CC2C4)CCCC1. The van der Waals surface area contributed by atoms with Crippen LogP contribution in [0.5, 0.6) is 0 Å². The lowest BCUT2D eigenvalue weighted by Gasteiger charge is -2.54. The van der Waals surface area contributed by atoms with Crippen LogP contribution in [0.4, 0.5) is 0 Å². The Kier molecular flexibility index (Phi) is 3.15. The normalized spacial score (nSPS) is 46.9. The van der Waals surface area contributed by atoms with Gasteiger partial charge in [-0.05, 0) is 75.0 Å². The van der Waals surface area contributed by atoms with Gasteiger partial charge in [0.2, 0.25) is 0 Å². The molecule has 2 heteroatoms. The summed E-state index contributed by atoms with van der Waals surface area (Å²) >= 11 is 0. The average Bonchev–Trinajstić information content (AvgIpc) is 2.79. The molecule has 0 amide bonds. The summed E-state index contributed by atoms with van der Waals surface area (Å²) in [5.41, 5.74) is 6.56. The van der Waals surface area contributed by atoms with Gasteiger partial charge in [-0.25, -0.2) is 0 Å². The smallest absolute Gasteiger partial charge is 0.0631 e. The molecule has 108 valence electrons. The molecule has 0 atom stereocenters. The molecule has 0 saturated heterocycles. The molecule has 0 unspecified atom stereocenters. The molecule has 4 bridgehead atoms. The zero-order valence-corrected chi connectivity index (χ0v) is 12.2. The Hall–Kier alpha value is -0.0800. The van der Waals surface area contributed by atoms with Crippen LogP contribution in [0.1, 0.15) is 64.2 Å². The van der Waals surface area contributed by atoms with Gasteiger partial charge in [-0.15, -0.1) is 0 Å². The molecular formula is C17H29NO. The zero-order chi connectivity index (χ0) is 12.9. The summed E-state index contributed by atoms with van der Waals surface area (Å²) in [5, 5.41) is 0. The van der Waals surface area contributed by atoms with Crippen LogP contribution >= 0.6 is 0 Å². The third-order valence-electron chi connectivity index (χ3n) is 6.65. The Bertz CT molecular complexity index is 306. The van der Waals surface area contributed by atoms with Crippen molar-refractivity contribution in [3.63, 3.8) is 0 Å². The summed E-state index contributed by atoms with van der Waals surface area (Å²) < 4.78 is 6.37. The largest absolute Gasteiger partial charge is 0.378 e. The first-order chi connectivity index (χ1) is 9.22. The summed E-state index contributed by atoms with van der Waals surface area (Å²) in [6.07, 6.45) is 14.2. The molecule has 2 nitrogen and oxygen atoms in total. The topological polar surface area (TPSA) is 35.2 Å². The van der Waals surface area contributed by atoms with Gasteiger partial charge in [-0.2, -0.15) is 0 Å². The molecule has 5 aliphatic carbocycles. The van der Waals surface area contributed by atoms with E-state index < -0.39 is 0 Å². The molecule has 0 aromatic heterocycles. The van der Waals surface area contributed by atoms with Crippen LogP contribution < -0.4 is 5.73 Å². The lowest BCUT2D eigenvalue weighted by molar-refractivity contribution is -0.128. The van der Waals surface area contributed by atoms with E-state index in [2.05, 4.69) is 0 Å². The fraction of sp³-hybridized carbons (Fsp3) is 1.00. The Morgan fingerprint density at radius 3 is 2.05 bits per heavy atom.